The minimum atomic E-state index is -0.415. The van der Waals surface area contributed by atoms with Gasteiger partial charge in [0, 0.05) is 12.1 Å². The lowest BCUT2D eigenvalue weighted by molar-refractivity contribution is -0.133. The van der Waals surface area contributed by atoms with Gasteiger partial charge < -0.3 is 24.4 Å². The molecule has 1 N–H and O–H groups in total. The van der Waals surface area contributed by atoms with Crippen LogP contribution in [0.4, 0.5) is 11.4 Å². The Hall–Kier alpha value is -2.93. The number of esters is 1. The van der Waals surface area contributed by atoms with Gasteiger partial charge in [0.15, 0.2) is 5.75 Å². The van der Waals surface area contributed by atoms with Crippen molar-refractivity contribution in [2.75, 3.05) is 37.5 Å². The summed E-state index contributed by atoms with van der Waals surface area (Å²) in [6.07, 6.45) is 0. The van der Waals surface area contributed by atoms with Crippen LogP contribution in [0.3, 0.4) is 0 Å². The summed E-state index contributed by atoms with van der Waals surface area (Å²) in [5, 5.41) is 3.13. The van der Waals surface area contributed by atoms with Gasteiger partial charge in [0.1, 0.15) is 18.0 Å². The molecule has 0 aromatic heterocycles. The van der Waals surface area contributed by atoms with E-state index >= 15 is 0 Å². The van der Waals surface area contributed by atoms with Gasteiger partial charge >= 0.3 is 5.97 Å². The molecule has 26 heavy (non-hydrogen) atoms. The fourth-order valence-electron chi connectivity index (χ4n) is 2.66. The number of hydrogen-bond acceptors (Lipinski definition) is 6. The van der Waals surface area contributed by atoms with Crippen molar-refractivity contribution >= 4 is 34.9 Å². The SMILES string of the molecule is COc1cc(NC(=O)CN2CC(=O)Oc3ccccc32)c(OC)cc1Cl. The van der Waals surface area contributed by atoms with E-state index < -0.39 is 5.97 Å². The topological polar surface area (TPSA) is 77.1 Å². The summed E-state index contributed by atoms with van der Waals surface area (Å²) in [5.74, 6) is 0.513. The van der Waals surface area contributed by atoms with Crippen LogP contribution in [0.5, 0.6) is 17.2 Å². The van der Waals surface area contributed by atoms with E-state index in [0.29, 0.717) is 33.6 Å². The zero-order valence-corrected chi connectivity index (χ0v) is 15.0. The van der Waals surface area contributed by atoms with Crippen LogP contribution in [0, 0.1) is 0 Å². The van der Waals surface area contributed by atoms with Gasteiger partial charge in [0.25, 0.3) is 0 Å². The van der Waals surface area contributed by atoms with E-state index in [2.05, 4.69) is 5.32 Å². The molecule has 136 valence electrons. The van der Waals surface area contributed by atoms with Crippen molar-refractivity contribution in [2.24, 2.45) is 0 Å². The normalized spacial score (nSPS) is 12.9. The maximum atomic E-state index is 12.5. The molecule has 0 unspecified atom stereocenters. The van der Waals surface area contributed by atoms with Crippen LogP contribution in [0.15, 0.2) is 36.4 Å². The van der Waals surface area contributed by atoms with Gasteiger partial charge in [-0.1, -0.05) is 23.7 Å². The predicted octanol–water partition coefficient (Wildman–Crippen LogP) is 2.72. The lowest BCUT2D eigenvalue weighted by Crippen LogP contribution is -2.41. The van der Waals surface area contributed by atoms with Gasteiger partial charge in [-0.05, 0) is 12.1 Å². The average Bonchev–Trinajstić information content (AvgIpc) is 2.62. The predicted molar refractivity (Wildman–Crippen MR) is 97.5 cm³/mol. The van der Waals surface area contributed by atoms with E-state index in [1.165, 1.54) is 14.2 Å². The van der Waals surface area contributed by atoms with Gasteiger partial charge in [-0.25, -0.2) is 4.79 Å². The summed E-state index contributed by atoms with van der Waals surface area (Å²) in [6.45, 7) is -0.0360. The molecule has 0 aliphatic carbocycles. The van der Waals surface area contributed by atoms with Crippen molar-refractivity contribution in [3.63, 3.8) is 0 Å². The second-order valence-corrected chi connectivity index (χ2v) is 5.94. The van der Waals surface area contributed by atoms with Crippen molar-refractivity contribution in [3.05, 3.63) is 41.4 Å². The van der Waals surface area contributed by atoms with E-state index in [4.69, 9.17) is 25.8 Å². The summed E-state index contributed by atoms with van der Waals surface area (Å²) in [4.78, 5) is 25.9. The number of benzene rings is 2. The fourth-order valence-corrected chi connectivity index (χ4v) is 2.89. The maximum Gasteiger partial charge on any atom is 0.331 e. The van der Waals surface area contributed by atoms with E-state index in [1.807, 2.05) is 6.07 Å². The largest absolute Gasteiger partial charge is 0.495 e. The average molecular weight is 377 g/mol. The smallest absolute Gasteiger partial charge is 0.331 e. The van der Waals surface area contributed by atoms with Crippen LogP contribution in [-0.4, -0.2) is 39.2 Å². The Bertz CT molecular complexity index is 855. The van der Waals surface area contributed by atoms with Crippen LogP contribution in [-0.2, 0) is 9.59 Å². The van der Waals surface area contributed by atoms with Gasteiger partial charge in [0.05, 0.1) is 37.2 Å². The quantitative estimate of drug-likeness (QED) is 0.638. The second-order valence-electron chi connectivity index (χ2n) is 5.53. The van der Waals surface area contributed by atoms with Crippen molar-refractivity contribution in [2.45, 2.75) is 0 Å². The molecule has 0 atom stereocenters. The minimum absolute atomic E-state index is 0.00843. The summed E-state index contributed by atoms with van der Waals surface area (Å²) in [7, 11) is 2.96. The summed E-state index contributed by atoms with van der Waals surface area (Å²) < 4.78 is 15.6. The van der Waals surface area contributed by atoms with E-state index in [-0.39, 0.29) is 19.0 Å². The highest BCUT2D eigenvalue weighted by Gasteiger charge is 2.25. The number of fused-ring (bicyclic) bond motifs is 1. The van der Waals surface area contributed by atoms with Crippen molar-refractivity contribution in [1.29, 1.82) is 0 Å². The molecular formula is C18H17ClN2O5. The van der Waals surface area contributed by atoms with E-state index in [1.54, 1.807) is 35.2 Å². The third-order valence-corrected chi connectivity index (χ3v) is 4.13. The number of hydrogen-bond donors (Lipinski definition) is 1. The molecule has 2 aromatic rings. The zero-order chi connectivity index (χ0) is 18.7. The Labute approximate surface area is 155 Å². The number of ether oxygens (including phenoxy) is 3. The lowest BCUT2D eigenvalue weighted by atomic mass is 10.2. The molecule has 1 amide bonds. The fraction of sp³-hybridized carbons (Fsp3) is 0.222. The van der Waals surface area contributed by atoms with E-state index in [0.717, 1.165) is 0 Å². The number of rotatable bonds is 5. The Morgan fingerprint density at radius 3 is 2.69 bits per heavy atom. The number of anilines is 2. The number of halogens is 1. The Balaban J connectivity index is 1.79. The maximum absolute atomic E-state index is 12.5. The molecule has 1 aliphatic rings. The first-order valence-corrected chi connectivity index (χ1v) is 8.15. The molecular weight excluding hydrogens is 360 g/mol. The van der Waals surface area contributed by atoms with E-state index in [9.17, 15) is 9.59 Å². The zero-order valence-electron chi connectivity index (χ0n) is 14.2. The number of nitrogens with zero attached hydrogens (tertiary/aromatic N) is 1. The number of methoxy groups -OCH3 is 2. The first kappa shape index (κ1) is 17.9. The molecule has 3 rings (SSSR count). The molecule has 1 aliphatic heterocycles. The van der Waals surface area contributed by atoms with Crippen molar-refractivity contribution in [1.82, 2.24) is 0 Å². The molecule has 0 fully saturated rings. The molecule has 7 nitrogen and oxygen atoms in total. The van der Waals surface area contributed by atoms with Crippen molar-refractivity contribution in [3.8, 4) is 17.2 Å². The number of nitrogens with one attached hydrogen (secondary N) is 1. The standard InChI is InChI=1S/C18H17ClN2O5/c1-24-15-8-12(16(25-2)7-11(15)19)20-17(22)9-21-10-18(23)26-14-6-4-3-5-13(14)21/h3-8H,9-10H2,1-2H3,(H,20,22). The molecule has 0 bridgehead atoms. The van der Waals surface area contributed by atoms with Crippen molar-refractivity contribution < 1.29 is 23.8 Å². The second kappa shape index (κ2) is 7.53. The van der Waals surface area contributed by atoms with Gasteiger partial charge in [-0.3, -0.25) is 4.79 Å². The number of amides is 1. The third-order valence-electron chi connectivity index (χ3n) is 3.83. The Morgan fingerprint density at radius 1 is 1.23 bits per heavy atom. The first-order valence-electron chi connectivity index (χ1n) is 7.78. The molecule has 0 spiro atoms. The Kier molecular flexibility index (Phi) is 5.18. The molecule has 0 saturated carbocycles. The monoisotopic (exact) mass is 376 g/mol. The summed E-state index contributed by atoms with van der Waals surface area (Å²) >= 11 is 6.07. The van der Waals surface area contributed by atoms with Gasteiger partial charge in [-0.2, -0.15) is 0 Å². The minimum Gasteiger partial charge on any atom is -0.495 e. The van der Waals surface area contributed by atoms with Gasteiger partial charge in [-0.15, -0.1) is 0 Å². The highest BCUT2D eigenvalue weighted by molar-refractivity contribution is 6.32. The lowest BCUT2D eigenvalue weighted by Gasteiger charge is -2.29. The van der Waals surface area contributed by atoms with Crippen LogP contribution in [0.25, 0.3) is 0 Å². The molecule has 0 radical (unpaired) electrons. The molecule has 2 aromatic carbocycles. The van der Waals surface area contributed by atoms with Crippen LogP contribution in [0.1, 0.15) is 0 Å². The third kappa shape index (κ3) is 3.67. The molecule has 0 saturated heterocycles. The van der Waals surface area contributed by atoms with Crippen LogP contribution in [0.2, 0.25) is 5.02 Å². The van der Waals surface area contributed by atoms with Gasteiger partial charge in [0.2, 0.25) is 5.91 Å². The molecule has 1 heterocycles. The summed E-state index contributed by atoms with van der Waals surface area (Å²) in [5.41, 5.74) is 1.11. The number of para-hydroxylation sites is 2. The first-order chi connectivity index (χ1) is 12.5. The van der Waals surface area contributed by atoms with Crippen LogP contribution < -0.4 is 24.4 Å². The molecule has 8 heteroatoms. The number of carbonyl (C=O) groups excluding carboxylic acids is 2. The highest BCUT2D eigenvalue weighted by Crippen LogP contribution is 2.36. The summed E-state index contributed by atoms with van der Waals surface area (Å²) in [6, 6.07) is 10.2. The highest BCUT2D eigenvalue weighted by atomic mass is 35.5. The Morgan fingerprint density at radius 2 is 1.96 bits per heavy atom. The number of carbonyl (C=O) groups is 2. The van der Waals surface area contributed by atoms with Crippen LogP contribution >= 0.6 is 11.6 Å².